The third-order valence-electron chi connectivity index (χ3n) is 7.95. The molecular weight excluding hydrogens is 552 g/mol. The summed E-state index contributed by atoms with van der Waals surface area (Å²) in [6.07, 6.45) is 1.32. The molecule has 0 radical (unpaired) electrons. The Morgan fingerprint density at radius 3 is 1.88 bits per heavy atom. The first-order chi connectivity index (χ1) is 20.9. The van der Waals surface area contributed by atoms with E-state index in [9.17, 15) is 0 Å². The Bertz CT molecular complexity index is 1500. The number of hydrogen-bond donors (Lipinski definition) is 0. The third kappa shape index (κ3) is 7.49. The number of ether oxygens (including phenoxy) is 4. The largest absolute Gasteiger partial charge is 0.374 e. The summed E-state index contributed by atoms with van der Waals surface area (Å²) < 4.78 is 26.6. The van der Waals surface area contributed by atoms with E-state index in [2.05, 4.69) is 93.6 Å². The van der Waals surface area contributed by atoms with Gasteiger partial charge in [-0.3, -0.25) is 0 Å². The van der Waals surface area contributed by atoms with Gasteiger partial charge in [0.05, 0.1) is 26.4 Å². The summed E-state index contributed by atoms with van der Waals surface area (Å²) in [5.41, 5.74) is 6.88. The Morgan fingerprint density at radius 1 is 0.698 bits per heavy atom. The minimum Gasteiger partial charge on any atom is -0.374 e. The van der Waals surface area contributed by atoms with Crippen molar-refractivity contribution in [2.24, 2.45) is 0 Å². The molecule has 2 heterocycles. The molecule has 0 spiro atoms. The van der Waals surface area contributed by atoms with Crippen LogP contribution < -0.4 is 0 Å². The van der Waals surface area contributed by atoms with Crippen LogP contribution in [0.15, 0.2) is 120 Å². The Labute approximate surface area is 260 Å². The van der Waals surface area contributed by atoms with E-state index in [1.54, 1.807) is 11.8 Å². The van der Waals surface area contributed by atoms with E-state index in [1.807, 2.05) is 42.5 Å². The summed E-state index contributed by atoms with van der Waals surface area (Å²) >= 11 is 1.75. The smallest absolute Gasteiger partial charge is 0.132 e. The van der Waals surface area contributed by atoms with Crippen molar-refractivity contribution in [1.29, 1.82) is 0 Å². The SMILES string of the molecule is CC(C)(C)c1ccc2c(c1)C=C1[C@@H](OCc3ccccc3)[C@H](OCc3ccccc3)[C@@H](COCc3ccccc3)O[C@H]1S2. The second kappa shape index (κ2) is 13.6. The maximum Gasteiger partial charge on any atom is 0.132 e. The Morgan fingerprint density at radius 2 is 1.28 bits per heavy atom. The molecule has 1 saturated heterocycles. The van der Waals surface area contributed by atoms with Crippen molar-refractivity contribution in [1.82, 2.24) is 0 Å². The fraction of sp³-hybridized carbons (Fsp3) is 0.316. The van der Waals surface area contributed by atoms with E-state index in [-0.39, 0.29) is 29.2 Å². The number of benzene rings is 4. The molecule has 0 amide bonds. The zero-order valence-corrected chi connectivity index (χ0v) is 26.0. The van der Waals surface area contributed by atoms with Crippen LogP contribution in [-0.2, 0) is 44.2 Å². The summed E-state index contributed by atoms with van der Waals surface area (Å²) in [7, 11) is 0. The van der Waals surface area contributed by atoms with E-state index >= 15 is 0 Å². The average molecular weight is 593 g/mol. The molecule has 6 rings (SSSR count). The van der Waals surface area contributed by atoms with Crippen LogP contribution >= 0.6 is 11.8 Å². The van der Waals surface area contributed by atoms with Crippen LogP contribution in [0, 0.1) is 0 Å². The second-order valence-electron chi connectivity index (χ2n) is 12.3. The second-order valence-corrected chi connectivity index (χ2v) is 13.4. The van der Waals surface area contributed by atoms with Crippen LogP contribution in [0.3, 0.4) is 0 Å². The quantitative estimate of drug-likeness (QED) is 0.184. The molecule has 0 aromatic heterocycles. The maximum absolute atomic E-state index is 6.83. The molecule has 0 bridgehead atoms. The predicted octanol–water partition coefficient (Wildman–Crippen LogP) is 8.59. The van der Waals surface area contributed by atoms with Gasteiger partial charge in [-0.2, -0.15) is 0 Å². The Hall–Kier alpha value is -3.19. The number of thioether (sulfide) groups is 1. The number of fused-ring (bicyclic) bond motifs is 2. The van der Waals surface area contributed by atoms with E-state index in [4.69, 9.17) is 18.9 Å². The molecule has 4 aromatic rings. The topological polar surface area (TPSA) is 36.9 Å². The first-order valence-electron chi connectivity index (χ1n) is 15.0. The van der Waals surface area contributed by atoms with Gasteiger partial charge in [-0.1, -0.05) is 136 Å². The Balaban J connectivity index is 1.32. The number of rotatable bonds is 10. The molecule has 4 nitrogen and oxygen atoms in total. The van der Waals surface area contributed by atoms with Gasteiger partial charge in [0, 0.05) is 10.5 Å². The summed E-state index contributed by atoms with van der Waals surface area (Å²) in [5.74, 6) is 0. The molecule has 2 aliphatic heterocycles. The lowest BCUT2D eigenvalue weighted by atomic mass is 9.85. The molecule has 0 aliphatic carbocycles. The zero-order valence-electron chi connectivity index (χ0n) is 25.1. The van der Waals surface area contributed by atoms with Gasteiger partial charge in [-0.05, 0) is 45.4 Å². The van der Waals surface area contributed by atoms with Crippen LogP contribution in [0.25, 0.3) is 6.08 Å². The summed E-state index contributed by atoms with van der Waals surface area (Å²) in [6, 6.07) is 37.7. The van der Waals surface area contributed by atoms with Crippen molar-refractivity contribution in [2.45, 2.75) is 74.7 Å². The molecule has 4 atom stereocenters. The highest BCUT2D eigenvalue weighted by atomic mass is 32.2. The van der Waals surface area contributed by atoms with Crippen molar-refractivity contribution in [3.8, 4) is 0 Å². The van der Waals surface area contributed by atoms with Crippen LogP contribution in [0.4, 0.5) is 0 Å². The molecule has 2 aliphatic rings. The van der Waals surface area contributed by atoms with E-state index < -0.39 is 0 Å². The molecule has 1 fully saturated rings. The fourth-order valence-electron chi connectivity index (χ4n) is 5.52. The van der Waals surface area contributed by atoms with Crippen LogP contribution in [0.2, 0.25) is 0 Å². The maximum atomic E-state index is 6.83. The molecule has 4 aromatic carbocycles. The first kappa shape index (κ1) is 29.9. The highest BCUT2D eigenvalue weighted by molar-refractivity contribution is 8.00. The van der Waals surface area contributed by atoms with Crippen molar-refractivity contribution in [3.63, 3.8) is 0 Å². The predicted molar refractivity (Wildman–Crippen MR) is 174 cm³/mol. The first-order valence-corrected chi connectivity index (χ1v) is 15.9. The lowest BCUT2D eigenvalue weighted by Crippen LogP contribution is -2.53. The molecule has 43 heavy (non-hydrogen) atoms. The summed E-state index contributed by atoms with van der Waals surface area (Å²) in [6.45, 7) is 8.63. The molecule has 0 unspecified atom stereocenters. The lowest BCUT2D eigenvalue weighted by Gasteiger charge is -2.44. The van der Waals surface area contributed by atoms with Gasteiger partial charge in [0.15, 0.2) is 0 Å². The zero-order chi connectivity index (χ0) is 29.6. The molecular formula is C38H40O4S. The average Bonchev–Trinajstić information content (AvgIpc) is 3.03. The minimum absolute atomic E-state index is 0.0594. The standard InChI is InChI=1S/C38H40O4S/c1-38(2,3)31-19-20-34-30(21-31)22-32-35(40-24-28-15-9-5-10-16-28)36(41-25-29-17-11-6-12-18-29)33(42-37(32)43-34)26-39-23-27-13-7-4-8-14-27/h4-22,33,35-37H,23-26H2,1-3H3/t33-,35-,36-,37+/m1/s1. The van der Waals surface area contributed by atoms with Gasteiger partial charge in [0.25, 0.3) is 0 Å². The fourth-order valence-corrected chi connectivity index (χ4v) is 6.69. The van der Waals surface area contributed by atoms with Crippen molar-refractivity contribution in [2.75, 3.05) is 6.61 Å². The molecule has 5 heteroatoms. The Kier molecular flexibility index (Phi) is 9.46. The highest BCUT2D eigenvalue weighted by Gasteiger charge is 2.45. The van der Waals surface area contributed by atoms with Crippen LogP contribution in [0.5, 0.6) is 0 Å². The lowest BCUT2D eigenvalue weighted by molar-refractivity contribution is -0.181. The van der Waals surface area contributed by atoms with E-state index in [0.29, 0.717) is 26.4 Å². The molecule has 222 valence electrons. The van der Waals surface area contributed by atoms with Crippen molar-refractivity contribution >= 4 is 17.8 Å². The highest BCUT2D eigenvalue weighted by Crippen LogP contribution is 2.46. The van der Waals surface area contributed by atoms with Gasteiger partial charge in [0.2, 0.25) is 0 Å². The number of hydrogen-bond acceptors (Lipinski definition) is 5. The van der Waals surface area contributed by atoms with Gasteiger partial charge in [0.1, 0.15) is 23.7 Å². The monoisotopic (exact) mass is 592 g/mol. The summed E-state index contributed by atoms with van der Waals surface area (Å²) in [5, 5.41) is 0. The summed E-state index contributed by atoms with van der Waals surface area (Å²) in [4.78, 5) is 1.22. The van der Waals surface area contributed by atoms with Gasteiger partial charge < -0.3 is 18.9 Å². The van der Waals surface area contributed by atoms with Crippen LogP contribution in [-0.4, -0.2) is 30.4 Å². The van der Waals surface area contributed by atoms with E-state index in [0.717, 1.165) is 22.3 Å². The van der Waals surface area contributed by atoms with Crippen LogP contribution in [0.1, 0.15) is 48.6 Å². The third-order valence-corrected chi connectivity index (χ3v) is 9.17. The van der Waals surface area contributed by atoms with Gasteiger partial charge in [-0.15, -0.1) is 0 Å². The van der Waals surface area contributed by atoms with E-state index in [1.165, 1.54) is 16.0 Å². The van der Waals surface area contributed by atoms with Gasteiger partial charge in [-0.25, -0.2) is 0 Å². The van der Waals surface area contributed by atoms with Crippen molar-refractivity contribution in [3.05, 3.63) is 143 Å². The normalized spacial score (nSPS) is 21.5. The van der Waals surface area contributed by atoms with Crippen molar-refractivity contribution < 1.29 is 18.9 Å². The molecule has 0 saturated carbocycles. The minimum atomic E-state index is -0.352. The molecule has 0 N–H and O–H groups in total. The van der Waals surface area contributed by atoms with Gasteiger partial charge >= 0.3 is 0 Å².